The SMILES string of the molecule is Nc1ccccc1CS(=O)(=O)Nc1cc(Cl)c(F)c(Cl)c1. The fourth-order valence-corrected chi connectivity index (χ4v) is 3.41. The molecule has 2 aromatic rings. The Morgan fingerprint density at radius 3 is 2.29 bits per heavy atom. The van der Waals surface area contributed by atoms with Gasteiger partial charge in [0.15, 0.2) is 5.82 Å². The molecule has 0 unspecified atom stereocenters. The molecule has 8 heteroatoms. The second-order valence-electron chi connectivity index (χ2n) is 4.31. The summed E-state index contributed by atoms with van der Waals surface area (Å²) in [6.45, 7) is 0. The third-order valence-electron chi connectivity index (χ3n) is 2.66. The van der Waals surface area contributed by atoms with Crippen LogP contribution in [-0.4, -0.2) is 8.42 Å². The predicted octanol–water partition coefficient (Wildman–Crippen LogP) is 3.66. The van der Waals surface area contributed by atoms with Crippen molar-refractivity contribution in [1.82, 2.24) is 0 Å². The first-order chi connectivity index (χ1) is 9.78. The summed E-state index contributed by atoms with van der Waals surface area (Å²) >= 11 is 11.2. The van der Waals surface area contributed by atoms with E-state index in [1.807, 2.05) is 0 Å². The van der Waals surface area contributed by atoms with Gasteiger partial charge in [-0.3, -0.25) is 4.72 Å². The minimum atomic E-state index is -3.73. The molecule has 0 saturated heterocycles. The molecule has 0 atom stereocenters. The van der Waals surface area contributed by atoms with Gasteiger partial charge in [0.2, 0.25) is 10.0 Å². The molecule has 0 amide bonds. The molecule has 0 aliphatic carbocycles. The average Bonchev–Trinajstić information content (AvgIpc) is 2.38. The van der Waals surface area contributed by atoms with Gasteiger partial charge in [-0.05, 0) is 23.8 Å². The van der Waals surface area contributed by atoms with Crippen LogP contribution in [0, 0.1) is 5.82 Å². The van der Waals surface area contributed by atoms with Crippen LogP contribution in [-0.2, 0) is 15.8 Å². The van der Waals surface area contributed by atoms with Crippen LogP contribution in [0.25, 0.3) is 0 Å². The number of hydrogen-bond donors (Lipinski definition) is 2. The van der Waals surface area contributed by atoms with E-state index in [0.717, 1.165) is 12.1 Å². The van der Waals surface area contributed by atoms with Crippen molar-refractivity contribution in [1.29, 1.82) is 0 Å². The quantitative estimate of drug-likeness (QED) is 0.654. The molecule has 0 bridgehead atoms. The van der Waals surface area contributed by atoms with Gasteiger partial charge in [0.05, 0.1) is 21.5 Å². The van der Waals surface area contributed by atoms with Gasteiger partial charge in [0.1, 0.15) is 0 Å². The molecule has 3 N–H and O–H groups in total. The lowest BCUT2D eigenvalue weighted by molar-refractivity contribution is 0.600. The van der Waals surface area contributed by atoms with Gasteiger partial charge in [-0.1, -0.05) is 41.4 Å². The highest BCUT2D eigenvalue weighted by molar-refractivity contribution is 7.91. The Kier molecular flexibility index (Phi) is 4.61. The summed E-state index contributed by atoms with van der Waals surface area (Å²) in [7, 11) is -3.73. The number of sulfonamides is 1. The number of para-hydroxylation sites is 1. The smallest absolute Gasteiger partial charge is 0.236 e. The van der Waals surface area contributed by atoms with E-state index < -0.39 is 15.8 Å². The van der Waals surface area contributed by atoms with Crippen LogP contribution in [0.15, 0.2) is 36.4 Å². The van der Waals surface area contributed by atoms with Crippen molar-refractivity contribution in [3.8, 4) is 0 Å². The molecular formula is C13H11Cl2FN2O2S. The van der Waals surface area contributed by atoms with Crippen molar-refractivity contribution in [2.24, 2.45) is 0 Å². The molecule has 0 fully saturated rings. The molecule has 0 spiro atoms. The molecular weight excluding hydrogens is 338 g/mol. The van der Waals surface area contributed by atoms with Gasteiger partial charge in [0, 0.05) is 5.69 Å². The molecule has 4 nitrogen and oxygen atoms in total. The number of nitrogen functional groups attached to an aromatic ring is 1. The van der Waals surface area contributed by atoms with Crippen molar-refractivity contribution in [2.45, 2.75) is 5.75 Å². The molecule has 0 radical (unpaired) electrons. The first-order valence-electron chi connectivity index (χ1n) is 5.77. The Balaban J connectivity index is 2.24. The summed E-state index contributed by atoms with van der Waals surface area (Å²) in [6, 6.07) is 8.91. The molecule has 112 valence electrons. The van der Waals surface area contributed by atoms with E-state index in [1.165, 1.54) is 0 Å². The topological polar surface area (TPSA) is 72.2 Å². The van der Waals surface area contributed by atoms with Gasteiger partial charge >= 0.3 is 0 Å². The minimum Gasteiger partial charge on any atom is -0.398 e. The summed E-state index contributed by atoms with van der Waals surface area (Å²) in [5.41, 5.74) is 6.62. The molecule has 2 aromatic carbocycles. The summed E-state index contributed by atoms with van der Waals surface area (Å²) in [5.74, 6) is -1.11. The Morgan fingerprint density at radius 1 is 1.14 bits per heavy atom. The molecule has 0 heterocycles. The fraction of sp³-hybridized carbons (Fsp3) is 0.0769. The van der Waals surface area contributed by atoms with Gasteiger partial charge < -0.3 is 5.73 Å². The number of rotatable bonds is 4. The Bertz CT molecular complexity index is 758. The normalized spacial score (nSPS) is 11.4. The molecule has 2 rings (SSSR count). The van der Waals surface area contributed by atoms with Crippen molar-refractivity contribution in [3.63, 3.8) is 0 Å². The Hall–Kier alpha value is -1.50. The third-order valence-corrected chi connectivity index (χ3v) is 4.45. The van der Waals surface area contributed by atoms with E-state index in [2.05, 4.69) is 4.72 Å². The molecule has 0 aliphatic heterocycles. The van der Waals surface area contributed by atoms with Crippen LogP contribution in [0.5, 0.6) is 0 Å². The van der Waals surface area contributed by atoms with Crippen molar-refractivity contribution in [3.05, 3.63) is 57.8 Å². The van der Waals surface area contributed by atoms with E-state index in [4.69, 9.17) is 28.9 Å². The summed E-state index contributed by atoms with van der Waals surface area (Å²) in [6.07, 6.45) is 0. The Labute approximate surface area is 131 Å². The number of anilines is 2. The highest BCUT2D eigenvalue weighted by atomic mass is 35.5. The zero-order valence-corrected chi connectivity index (χ0v) is 12.9. The van der Waals surface area contributed by atoms with Crippen molar-refractivity contribution < 1.29 is 12.8 Å². The maximum atomic E-state index is 13.3. The summed E-state index contributed by atoms with van der Waals surface area (Å²) < 4.78 is 39.7. The highest BCUT2D eigenvalue weighted by Gasteiger charge is 2.15. The van der Waals surface area contributed by atoms with Crippen LogP contribution in [0.3, 0.4) is 0 Å². The number of nitrogens with one attached hydrogen (secondary N) is 1. The number of benzene rings is 2. The zero-order valence-electron chi connectivity index (χ0n) is 10.6. The number of hydrogen-bond acceptors (Lipinski definition) is 3. The van der Waals surface area contributed by atoms with E-state index in [9.17, 15) is 12.8 Å². The average molecular weight is 349 g/mol. The standard InChI is InChI=1S/C13H11Cl2FN2O2S/c14-10-5-9(6-11(15)13(10)16)18-21(19,20)7-8-3-1-2-4-12(8)17/h1-6,18H,7,17H2. The molecule has 0 aromatic heterocycles. The Morgan fingerprint density at radius 2 is 1.71 bits per heavy atom. The number of halogens is 3. The van der Waals surface area contributed by atoms with Crippen LogP contribution in [0.1, 0.15) is 5.56 Å². The summed E-state index contributed by atoms with van der Waals surface area (Å²) in [5, 5.41) is -0.529. The lowest BCUT2D eigenvalue weighted by Crippen LogP contribution is -2.16. The van der Waals surface area contributed by atoms with Gasteiger partial charge in [-0.25, -0.2) is 12.8 Å². The highest BCUT2D eigenvalue weighted by Crippen LogP contribution is 2.28. The first-order valence-corrected chi connectivity index (χ1v) is 8.18. The zero-order chi connectivity index (χ0) is 15.6. The van der Waals surface area contributed by atoms with Crippen molar-refractivity contribution >= 4 is 44.6 Å². The predicted molar refractivity (Wildman–Crippen MR) is 83.5 cm³/mol. The molecule has 0 aliphatic rings. The van der Waals surface area contributed by atoms with Crippen LogP contribution >= 0.6 is 23.2 Å². The summed E-state index contributed by atoms with van der Waals surface area (Å²) in [4.78, 5) is 0. The first kappa shape index (κ1) is 15.9. The van der Waals surface area contributed by atoms with Crippen LogP contribution in [0.4, 0.5) is 15.8 Å². The molecule has 21 heavy (non-hydrogen) atoms. The van der Waals surface area contributed by atoms with Crippen LogP contribution in [0.2, 0.25) is 10.0 Å². The fourth-order valence-electron chi connectivity index (χ4n) is 1.70. The van der Waals surface area contributed by atoms with E-state index in [0.29, 0.717) is 11.3 Å². The van der Waals surface area contributed by atoms with Gasteiger partial charge in [0.25, 0.3) is 0 Å². The second-order valence-corrected chi connectivity index (χ2v) is 6.85. The lowest BCUT2D eigenvalue weighted by Gasteiger charge is -2.10. The second kappa shape index (κ2) is 6.09. The maximum Gasteiger partial charge on any atom is 0.236 e. The monoisotopic (exact) mass is 348 g/mol. The lowest BCUT2D eigenvalue weighted by atomic mass is 10.2. The molecule has 0 saturated carbocycles. The largest absolute Gasteiger partial charge is 0.398 e. The van der Waals surface area contributed by atoms with E-state index >= 15 is 0 Å². The van der Waals surface area contributed by atoms with Gasteiger partial charge in [-0.2, -0.15) is 0 Å². The third kappa shape index (κ3) is 4.00. The minimum absolute atomic E-state index is 0.0842. The van der Waals surface area contributed by atoms with Crippen LogP contribution < -0.4 is 10.5 Å². The van der Waals surface area contributed by atoms with Gasteiger partial charge in [-0.15, -0.1) is 0 Å². The van der Waals surface area contributed by atoms with Crippen molar-refractivity contribution in [2.75, 3.05) is 10.5 Å². The maximum absolute atomic E-state index is 13.3. The van der Waals surface area contributed by atoms with E-state index in [-0.39, 0.29) is 21.5 Å². The van der Waals surface area contributed by atoms with E-state index in [1.54, 1.807) is 24.3 Å². The number of nitrogens with two attached hydrogens (primary N) is 1.